The first-order valence-electron chi connectivity index (χ1n) is 6.92. The zero-order valence-electron chi connectivity index (χ0n) is 11.9. The standard InChI is InChI=1S/C16H14BrN3OS/c1-2-20(12-7-5-11(17)6-8-12)16-19-14(10-21)13-4-3-9-18-15(13)22-16/h3-10,14H,2H2,1H3. The van der Waals surface area contributed by atoms with Crippen LogP contribution in [-0.4, -0.2) is 23.0 Å². The summed E-state index contributed by atoms with van der Waals surface area (Å²) in [6.45, 7) is 2.83. The number of aldehydes is 1. The lowest BCUT2D eigenvalue weighted by atomic mass is 10.1. The van der Waals surface area contributed by atoms with Gasteiger partial charge in [-0.3, -0.25) is 0 Å². The number of pyridine rings is 1. The van der Waals surface area contributed by atoms with Crippen molar-refractivity contribution >= 4 is 44.8 Å². The van der Waals surface area contributed by atoms with Crippen LogP contribution in [0.3, 0.4) is 0 Å². The van der Waals surface area contributed by atoms with E-state index in [1.165, 1.54) is 11.8 Å². The van der Waals surface area contributed by atoms with Gasteiger partial charge in [-0.05, 0) is 49.0 Å². The first-order valence-corrected chi connectivity index (χ1v) is 8.53. The summed E-state index contributed by atoms with van der Waals surface area (Å²) in [6, 6.07) is 11.3. The lowest BCUT2D eigenvalue weighted by molar-refractivity contribution is -0.109. The average Bonchev–Trinajstić information content (AvgIpc) is 2.56. The van der Waals surface area contributed by atoms with Crippen LogP contribution < -0.4 is 4.90 Å². The highest BCUT2D eigenvalue weighted by Gasteiger charge is 2.26. The summed E-state index contributed by atoms with van der Waals surface area (Å²) < 4.78 is 1.03. The smallest absolute Gasteiger partial charge is 0.171 e. The van der Waals surface area contributed by atoms with Crippen molar-refractivity contribution in [3.8, 4) is 0 Å². The number of fused-ring (bicyclic) bond motifs is 1. The predicted molar refractivity (Wildman–Crippen MR) is 93.5 cm³/mol. The Hall–Kier alpha value is -1.66. The number of aliphatic imine (C=N–C) groups is 1. The van der Waals surface area contributed by atoms with E-state index < -0.39 is 6.04 Å². The lowest BCUT2D eigenvalue weighted by Gasteiger charge is -2.28. The van der Waals surface area contributed by atoms with Crippen molar-refractivity contribution in [1.29, 1.82) is 0 Å². The summed E-state index contributed by atoms with van der Waals surface area (Å²) in [4.78, 5) is 22.5. The Balaban J connectivity index is 1.98. The zero-order valence-corrected chi connectivity index (χ0v) is 14.3. The van der Waals surface area contributed by atoms with Gasteiger partial charge in [0.05, 0.1) is 0 Å². The number of halogens is 1. The van der Waals surface area contributed by atoms with Crippen LogP contribution in [0.1, 0.15) is 18.5 Å². The second kappa shape index (κ2) is 6.62. The van der Waals surface area contributed by atoms with Crippen LogP contribution in [0.5, 0.6) is 0 Å². The van der Waals surface area contributed by atoms with E-state index in [0.717, 1.165) is 38.7 Å². The van der Waals surface area contributed by atoms with E-state index in [0.29, 0.717) is 0 Å². The Morgan fingerprint density at radius 3 is 2.77 bits per heavy atom. The van der Waals surface area contributed by atoms with Gasteiger partial charge in [-0.1, -0.05) is 22.0 Å². The van der Waals surface area contributed by atoms with Gasteiger partial charge in [0, 0.05) is 28.5 Å². The maximum atomic E-state index is 11.4. The maximum absolute atomic E-state index is 11.4. The zero-order chi connectivity index (χ0) is 15.5. The second-order valence-electron chi connectivity index (χ2n) is 4.71. The molecule has 0 fully saturated rings. The van der Waals surface area contributed by atoms with E-state index in [9.17, 15) is 4.79 Å². The summed E-state index contributed by atoms with van der Waals surface area (Å²) in [7, 11) is 0. The third kappa shape index (κ3) is 2.94. The van der Waals surface area contributed by atoms with Crippen LogP contribution in [-0.2, 0) is 4.79 Å². The molecule has 0 bridgehead atoms. The van der Waals surface area contributed by atoms with Gasteiger partial charge in [0.15, 0.2) is 5.17 Å². The minimum Gasteiger partial charge on any atom is -0.321 e. The van der Waals surface area contributed by atoms with Crippen molar-refractivity contribution in [1.82, 2.24) is 4.98 Å². The molecule has 22 heavy (non-hydrogen) atoms. The number of hydrogen-bond acceptors (Lipinski definition) is 5. The number of anilines is 1. The molecule has 6 heteroatoms. The van der Waals surface area contributed by atoms with Crippen molar-refractivity contribution < 1.29 is 4.79 Å². The fourth-order valence-electron chi connectivity index (χ4n) is 2.29. The largest absolute Gasteiger partial charge is 0.321 e. The molecule has 1 aliphatic heterocycles. The molecule has 1 aromatic carbocycles. The number of benzene rings is 1. The van der Waals surface area contributed by atoms with Crippen LogP contribution in [0.25, 0.3) is 0 Å². The summed E-state index contributed by atoms with van der Waals surface area (Å²) in [5.41, 5.74) is 1.92. The normalized spacial score (nSPS) is 16.6. The van der Waals surface area contributed by atoms with Gasteiger partial charge in [0.25, 0.3) is 0 Å². The van der Waals surface area contributed by atoms with Gasteiger partial charge in [-0.2, -0.15) is 0 Å². The first kappa shape index (κ1) is 15.2. The molecule has 112 valence electrons. The molecule has 3 rings (SSSR count). The number of carbonyl (C=O) groups is 1. The highest BCUT2D eigenvalue weighted by molar-refractivity contribution is 9.10. The number of rotatable bonds is 3. The molecule has 1 unspecified atom stereocenters. The third-order valence-corrected chi connectivity index (χ3v) is 4.94. The van der Waals surface area contributed by atoms with Crippen molar-refractivity contribution in [2.24, 2.45) is 4.99 Å². The molecule has 0 aliphatic carbocycles. The van der Waals surface area contributed by atoms with Gasteiger partial charge in [0.2, 0.25) is 0 Å². The number of amidine groups is 1. The molecule has 0 amide bonds. The van der Waals surface area contributed by atoms with Gasteiger partial charge in [-0.15, -0.1) is 0 Å². The number of aromatic nitrogens is 1. The first-order chi connectivity index (χ1) is 10.7. The molecule has 2 heterocycles. The molecule has 1 atom stereocenters. The van der Waals surface area contributed by atoms with E-state index >= 15 is 0 Å². The SMILES string of the molecule is CCN(C1=NC(C=O)c2cccnc2S1)c1ccc(Br)cc1. The molecular weight excluding hydrogens is 362 g/mol. The van der Waals surface area contributed by atoms with Crippen molar-refractivity contribution in [3.63, 3.8) is 0 Å². The Morgan fingerprint density at radius 1 is 1.32 bits per heavy atom. The minimum absolute atomic E-state index is 0.482. The van der Waals surface area contributed by atoms with Crippen molar-refractivity contribution in [3.05, 3.63) is 52.6 Å². The molecule has 1 aromatic heterocycles. The summed E-state index contributed by atoms with van der Waals surface area (Å²) in [5.74, 6) is 0. The Labute approximate surface area is 141 Å². The maximum Gasteiger partial charge on any atom is 0.171 e. The van der Waals surface area contributed by atoms with E-state index in [-0.39, 0.29) is 0 Å². The quantitative estimate of drug-likeness (QED) is 0.758. The number of hydrogen-bond donors (Lipinski definition) is 0. The van der Waals surface area contributed by atoms with Gasteiger partial charge in [0.1, 0.15) is 17.4 Å². The topological polar surface area (TPSA) is 45.6 Å². The third-order valence-electron chi connectivity index (χ3n) is 3.37. The molecule has 0 saturated carbocycles. The van der Waals surface area contributed by atoms with Crippen molar-refractivity contribution in [2.75, 3.05) is 11.4 Å². The van der Waals surface area contributed by atoms with E-state index in [2.05, 4.69) is 37.7 Å². The van der Waals surface area contributed by atoms with Gasteiger partial charge >= 0.3 is 0 Å². The number of nitrogens with zero attached hydrogens (tertiary/aromatic N) is 3. The summed E-state index contributed by atoms with van der Waals surface area (Å²) >= 11 is 4.95. The highest BCUT2D eigenvalue weighted by atomic mass is 79.9. The molecule has 1 aliphatic rings. The van der Waals surface area contributed by atoms with Crippen molar-refractivity contribution in [2.45, 2.75) is 18.0 Å². The highest BCUT2D eigenvalue weighted by Crippen LogP contribution is 2.35. The molecule has 4 nitrogen and oxygen atoms in total. The second-order valence-corrected chi connectivity index (χ2v) is 6.58. The molecular formula is C16H14BrN3OS. The van der Waals surface area contributed by atoms with Crippen LogP contribution in [0.4, 0.5) is 5.69 Å². The van der Waals surface area contributed by atoms with E-state index in [4.69, 9.17) is 0 Å². The predicted octanol–water partition coefficient (Wildman–Crippen LogP) is 4.07. The van der Waals surface area contributed by atoms with Crippen LogP contribution in [0.2, 0.25) is 0 Å². The monoisotopic (exact) mass is 375 g/mol. The van der Waals surface area contributed by atoms with Crippen LogP contribution >= 0.6 is 27.7 Å². The van der Waals surface area contributed by atoms with Crippen LogP contribution in [0, 0.1) is 0 Å². The fraction of sp³-hybridized carbons (Fsp3) is 0.188. The Kier molecular flexibility index (Phi) is 4.59. The number of thioether (sulfide) groups is 1. The fourth-order valence-corrected chi connectivity index (χ4v) is 3.66. The Bertz CT molecular complexity index is 718. The van der Waals surface area contributed by atoms with E-state index in [1.54, 1.807) is 6.20 Å². The Morgan fingerprint density at radius 2 is 2.09 bits per heavy atom. The number of carbonyl (C=O) groups excluding carboxylic acids is 1. The molecule has 2 aromatic rings. The van der Waals surface area contributed by atoms with Gasteiger partial charge in [-0.25, -0.2) is 9.98 Å². The minimum atomic E-state index is -0.482. The van der Waals surface area contributed by atoms with Gasteiger partial charge < -0.3 is 9.69 Å². The lowest BCUT2D eigenvalue weighted by Crippen LogP contribution is -2.30. The summed E-state index contributed by atoms with van der Waals surface area (Å²) in [6.07, 6.45) is 2.61. The van der Waals surface area contributed by atoms with E-state index in [1.807, 2.05) is 36.4 Å². The molecule has 0 radical (unpaired) electrons. The average molecular weight is 376 g/mol. The van der Waals surface area contributed by atoms with Crippen LogP contribution in [0.15, 0.2) is 57.1 Å². The summed E-state index contributed by atoms with van der Waals surface area (Å²) in [5, 5.41) is 1.65. The molecule has 0 spiro atoms. The molecule has 0 saturated heterocycles. The molecule has 0 N–H and O–H groups in total.